The van der Waals surface area contributed by atoms with Gasteiger partial charge in [0.25, 0.3) is 0 Å². The van der Waals surface area contributed by atoms with E-state index in [0.717, 1.165) is 18.7 Å². The van der Waals surface area contributed by atoms with Gasteiger partial charge in [-0.15, -0.1) is 0 Å². The zero-order chi connectivity index (χ0) is 12.5. The quantitative estimate of drug-likeness (QED) is 0.866. The summed E-state index contributed by atoms with van der Waals surface area (Å²) in [5.74, 6) is 1.06. The molecule has 1 aromatic carbocycles. The zero-order valence-electron chi connectivity index (χ0n) is 11.3. The lowest BCUT2D eigenvalue weighted by molar-refractivity contribution is 0.200. The normalized spacial score (nSPS) is 20.8. The van der Waals surface area contributed by atoms with Crippen LogP contribution in [0.5, 0.6) is 5.75 Å². The van der Waals surface area contributed by atoms with Crippen LogP contribution in [-0.4, -0.2) is 18.7 Å². The van der Waals surface area contributed by atoms with Gasteiger partial charge >= 0.3 is 0 Å². The molecule has 17 heavy (non-hydrogen) atoms. The fraction of sp³-hybridized carbons (Fsp3) is 0.600. The van der Waals surface area contributed by atoms with E-state index < -0.39 is 0 Å². The minimum atomic E-state index is 0.289. The molecule has 1 N–H and O–H groups in total. The summed E-state index contributed by atoms with van der Waals surface area (Å²) in [6.07, 6.45) is 1.32. The molecule has 2 nitrogen and oxygen atoms in total. The van der Waals surface area contributed by atoms with Crippen molar-refractivity contribution < 1.29 is 4.74 Å². The first-order chi connectivity index (χ1) is 7.97. The molecule has 94 valence electrons. The van der Waals surface area contributed by atoms with Crippen LogP contribution in [0.1, 0.15) is 33.3 Å². The first-order valence-electron chi connectivity index (χ1n) is 6.45. The van der Waals surface area contributed by atoms with Crippen LogP contribution in [0.3, 0.4) is 0 Å². The van der Waals surface area contributed by atoms with Gasteiger partial charge in [-0.25, -0.2) is 0 Å². The van der Waals surface area contributed by atoms with Crippen LogP contribution in [0.4, 0.5) is 0 Å². The third kappa shape index (κ3) is 3.01. The largest absolute Gasteiger partial charge is 0.488 e. The van der Waals surface area contributed by atoms with Gasteiger partial charge in [0.1, 0.15) is 11.9 Å². The van der Waals surface area contributed by atoms with Crippen molar-refractivity contribution in [2.75, 3.05) is 6.54 Å². The van der Waals surface area contributed by atoms with Crippen molar-refractivity contribution in [1.29, 1.82) is 0 Å². The average molecular weight is 233 g/mol. The second kappa shape index (κ2) is 4.69. The van der Waals surface area contributed by atoms with Crippen LogP contribution in [0.25, 0.3) is 0 Å². The molecule has 0 bridgehead atoms. The van der Waals surface area contributed by atoms with E-state index >= 15 is 0 Å². The van der Waals surface area contributed by atoms with Gasteiger partial charge in [0, 0.05) is 19.0 Å². The van der Waals surface area contributed by atoms with Gasteiger partial charge < -0.3 is 10.1 Å². The second-order valence-corrected chi connectivity index (χ2v) is 6.05. The molecule has 0 amide bonds. The Hall–Kier alpha value is -1.02. The van der Waals surface area contributed by atoms with Crippen LogP contribution >= 0.6 is 0 Å². The lowest BCUT2D eigenvalue weighted by atomic mass is 9.88. The molecule has 0 saturated heterocycles. The summed E-state index contributed by atoms with van der Waals surface area (Å²) in [5, 5.41) is 3.57. The van der Waals surface area contributed by atoms with Crippen molar-refractivity contribution in [3.63, 3.8) is 0 Å². The monoisotopic (exact) mass is 233 g/mol. The smallest absolute Gasteiger partial charge is 0.123 e. The number of para-hydroxylation sites is 1. The first kappa shape index (κ1) is 12.4. The number of nitrogens with one attached hydrogen (secondary N) is 1. The van der Waals surface area contributed by atoms with Gasteiger partial charge in [-0.3, -0.25) is 0 Å². The summed E-state index contributed by atoms with van der Waals surface area (Å²) < 4.78 is 5.91. The third-order valence-corrected chi connectivity index (χ3v) is 3.66. The molecule has 2 heteroatoms. The van der Waals surface area contributed by atoms with Crippen molar-refractivity contribution in [1.82, 2.24) is 5.32 Å². The van der Waals surface area contributed by atoms with Gasteiger partial charge in [0.2, 0.25) is 0 Å². The van der Waals surface area contributed by atoms with Crippen molar-refractivity contribution in [2.45, 2.75) is 46.3 Å². The summed E-state index contributed by atoms with van der Waals surface area (Å²) in [7, 11) is 0. The lowest BCUT2D eigenvalue weighted by Gasteiger charge is -2.29. The van der Waals surface area contributed by atoms with Gasteiger partial charge in [-0.1, -0.05) is 39.0 Å². The molecular weight excluding hydrogens is 210 g/mol. The highest BCUT2D eigenvalue weighted by Crippen LogP contribution is 2.28. The molecule has 1 aliphatic heterocycles. The van der Waals surface area contributed by atoms with E-state index in [2.05, 4.69) is 51.2 Å². The molecule has 2 rings (SSSR count). The predicted octanol–water partition coefficient (Wildman–Crippen LogP) is 3.01. The van der Waals surface area contributed by atoms with Crippen LogP contribution in [0.15, 0.2) is 24.3 Å². The van der Waals surface area contributed by atoms with E-state index in [9.17, 15) is 0 Å². The van der Waals surface area contributed by atoms with E-state index in [1.165, 1.54) is 5.56 Å². The Kier molecular flexibility index (Phi) is 3.43. The van der Waals surface area contributed by atoms with Gasteiger partial charge in [-0.2, -0.15) is 0 Å². The highest BCUT2D eigenvalue weighted by atomic mass is 16.5. The molecule has 0 aromatic heterocycles. The molecule has 0 fully saturated rings. The standard InChI is InChI=1S/C15H23NO/c1-11(15(2,3)4)16-10-13-9-12-7-5-6-8-14(12)17-13/h5-8,11,13,16H,9-10H2,1-4H3. The molecule has 2 atom stereocenters. The fourth-order valence-corrected chi connectivity index (χ4v) is 1.98. The van der Waals surface area contributed by atoms with Crippen molar-refractivity contribution in [3.05, 3.63) is 29.8 Å². The van der Waals surface area contributed by atoms with Crippen LogP contribution < -0.4 is 10.1 Å². The van der Waals surface area contributed by atoms with Crippen molar-refractivity contribution in [3.8, 4) is 5.75 Å². The van der Waals surface area contributed by atoms with Gasteiger partial charge in [-0.05, 0) is 24.0 Å². The third-order valence-electron chi connectivity index (χ3n) is 3.66. The van der Waals surface area contributed by atoms with E-state index in [1.807, 2.05) is 6.07 Å². The maximum Gasteiger partial charge on any atom is 0.123 e. The van der Waals surface area contributed by atoms with E-state index in [4.69, 9.17) is 4.74 Å². The molecule has 0 aliphatic carbocycles. The minimum absolute atomic E-state index is 0.289. The zero-order valence-corrected chi connectivity index (χ0v) is 11.3. The minimum Gasteiger partial charge on any atom is -0.488 e. The Labute approximate surface area is 104 Å². The number of ether oxygens (including phenoxy) is 1. The molecule has 0 radical (unpaired) electrons. The summed E-state index contributed by atoms with van der Waals surface area (Å²) in [6, 6.07) is 8.82. The van der Waals surface area contributed by atoms with Crippen molar-refractivity contribution in [2.24, 2.45) is 5.41 Å². The summed E-state index contributed by atoms with van der Waals surface area (Å²) >= 11 is 0. The fourth-order valence-electron chi connectivity index (χ4n) is 1.98. The summed E-state index contributed by atoms with van der Waals surface area (Å²) in [5.41, 5.74) is 1.63. The Bertz CT molecular complexity index is 356. The van der Waals surface area contributed by atoms with Crippen LogP contribution in [-0.2, 0) is 6.42 Å². The molecule has 1 aliphatic rings. The Morgan fingerprint density at radius 3 is 2.71 bits per heavy atom. The van der Waals surface area contributed by atoms with Gasteiger partial charge in [0.15, 0.2) is 0 Å². The number of fused-ring (bicyclic) bond motifs is 1. The van der Waals surface area contributed by atoms with E-state index in [0.29, 0.717) is 11.5 Å². The summed E-state index contributed by atoms with van der Waals surface area (Å²) in [6.45, 7) is 9.94. The number of benzene rings is 1. The average Bonchev–Trinajstić information content (AvgIpc) is 2.66. The highest BCUT2D eigenvalue weighted by Gasteiger charge is 2.25. The molecule has 2 unspecified atom stereocenters. The Balaban J connectivity index is 1.85. The topological polar surface area (TPSA) is 21.3 Å². The van der Waals surface area contributed by atoms with Crippen LogP contribution in [0.2, 0.25) is 0 Å². The van der Waals surface area contributed by atoms with E-state index in [1.54, 1.807) is 0 Å². The SMILES string of the molecule is CC(NCC1Cc2ccccc2O1)C(C)(C)C. The molecule has 1 heterocycles. The maximum atomic E-state index is 5.91. The number of hydrogen-bond acceptors (Lipinski definition) is 2. The molecule has 0 spiro atoms. The highest BCUT2D eigenvalue weighted by molar-refractivity contribution is 5.37. The number of rotatable bonds is 3. The molecule has 0 saturated carbocycles. The van der Waals surface area contributed by atoms with E-state index in [-0.39, 0.29) is 6.10 Å². The lowest BCUT2D eigenvalue weighted by Crippen LogP contribution is -2.42. The summed E-state index contributed by atoms with van der Waals surface area (Å²) in [4.78, 5) is 0. The Morgan fingerprint density at radius 2 is 2.06 bits per heavy atom. The van der Waals surface area contributed by atoms with Crippen LogP contribution in [0, 0.1) is 5.41 Å². The predicted molar refractivity (Wildman–Crippen MR) is 71.5 cm³/mol. The number of hydrogen-bond donors (Lipinski definition) is 1. The first-order valence-corrected chi connectivity index (χ1v) is 6.45. The van der Waals surface area contributed by atoms with Gasteiger partial charge in [0.05, 0.1) is 0 Å². The molecule has 1 aromatic rings. The molecular formula is C15H23NO. The van der Waals surface area contributed by atoms with Crippen molar-refractivity contribution >= 4 is 0 Å². The second-order valence-electron chi connectivity index (χ2n) is 6.05. The maximum absolute atomic E-state index is 5.91. The Morgan fingerprint density at radius 1 is 1.35 bits per heavy atom.